The molecule has 0 bridgehead atoms. The van der Waals surface area contributed by atoms with Gasteiger partial charge in [-0.2, -0.15) is 0 Å². The number of hydrogen-bond donors (Lipinski definition) is 5. The summed E-state index contributed by atoms with van der Waals surface area (Å²) in [6, 6.07) is 9.23. The summed E-state index contributed by atoms with van der Waals surface area (Å²) in [5, 5.41) is 21.3. The number of aromatic hydroxyl groups is 2. The lowest BCUT2D eigenvalue weighted by Gasteiger charge is -2.08. The Morgan fingerprint density at radius 3 is 2.29 bits per heavy atom. The van der Waals surface area contributed by atoms with Gasteiger partial charge in [0.1, 0.15) is 0 Å². The van der Waals surface area contributed by atoms with Crippen LogP contribution in [0.2, 0.25) is 0 Å². The van der Waals surface area contributed by atoms with Gasteiger partial charge < -0.3 is 27.0 Å². The minimum atomic E-state index is -0.267. The molecule has 0 heterocycles. The van der Waals surface area contributed by atoms with Gasteiger partial charge in [0.2, 0.25) is 0 Å². The highest BCUT2D eigenvalue weighted by molar-refractivity contribution is 5.96. The lowest BCUT2D eigenvalue weighted by atomic mass is 10.1. The second-order valence-corrected chi connectivity index (χ2v) is 4.72. The normalized spacial score (nSPS) is 10.3. The van der Waals surface area contributed by atoms with E-state index in [1.54, 1.807) is 24.3 Å². The largest absolute Gasteiger partial charge is 0.504 e. The summed E-state index contributed by atoms with van der Waals surface area (Å²) >= 11 is 0. The van der Waals surface area contributed by atoms with Gasteiger partial charge in [-0.15, -0.1) is 0 Å². The van der Waals surface area contributed by atoms with E-state index in [4.69, 9.17) is 11.5 Å². The molecule has 21 heavy (non-hydrogen) atoms. The first-order chi connectivity index (χ1) is 9.95. The Bertz CT molecular complexity index is 651. The highest BCUT2D eigenvalue weighted by Gasteiger charge is 2.07. The van der Waals surface area contributed by atoms with Crippen LogP contribution in [0.5, 0.6) is 11.5 Å². The molecule has 1 amide bonds. The second kappa shape index (κ2) is 6.04. The number of rotatable bonds is 4. The number of nitrogens with one attached hydrogen (secondary N) is 1. The minimum Gasteiger partial charge on any atom is -0.504 e. The van der Waals surface area contributed by atoms with Crippen molar-refractivity contribution in [3.63, 3.8) is 0 Å². The van der Waals surface area contributed by atoms with Crippen molar-refractivity contribution in [2.75, 3.05) is 18.0 Å². The molecule has 6 heteroatoms. The maximum atomic E-state index is 11.9. The predicted molar refractivity (Wildman–Crippen MR) is 81.1 cm³/mol. The first-order valence-corrected chi connectivity index (χ1v) is 6.41. The quantitative estimate of drug-likeness (QED) is 0.428. The lowest BCUT2D eigenvalue weighted by Crippen LogP contribution is -2.25. The molecule has 0 spiro atoms. The Labute approximate surface area is 122 Å². The first kappa shape index (κ1) is 14.5. The van der Waals surface area contributed by atoms with Crippen LogP contribution in [0.4, 0.5) is 11.4 Å². The van der Waals surface area contributed by atoms with Gasteiger partial charge >= 0.3 is 0 Å². The topological polar surface area (TPSA) is 122 Å². The third kappa shape index (κ3) is 3.79. The fraction of sp³-hybridized carbons (Fsp3) is 0.133. The number of amides is 1. The Hall–Kier alpha value is -2.89. The Morgan fingerprint density at radius 2 is 1.67 bits per heavy atom. The van der Waals surface area contributed by atoms with E-state index >= 15 is 0 Å². The third-order valence-electron chi connectivity index (χ3n) is 2.98. The van der Waals surface area contributed by atoms with Crippen LogP contribution in [-0.2, 0) is 6.42 Å². The second-order valence-electron chi connectivity index (χ2n) is 4.72. The molecule has 0 atom stereocenters. The number of hydrogen-bond acceptors (Lipinski definition) is 5. The number of phenolic OH excluding ortho intramolecular Hbond substituents is 2. The van der Waals surface area contributed by atoms with E-state index in [2.05, 4.69) is 5.32 Å². The van der Waals surface area contributed by atoms with Gasteiger partial charge in [-0.3, -0.25) is 4.79 Å². The number of carbonyl (C=O) groups is 1. The molecule has 0 unspecified atom stereocenters. The van der Waals surface area contributed by atoms with Gasteiger partial charge in [0.25, 0.3) is 5.91 Å². The zero-order valence-corrected chi connectivity index (χ0v) is 11.3. The summed E-state index contributed by atoms with van der Waals surface area (Å²) in [4.78, 5) is 11.9. The molecular formula is C15H17N3O3. The first-order valence-electron chi connectivity index (χ1n) is 6.41. The molecule has 7 N–H and O–H groups in total. The van der Waals surface area contributed by atoms with Crippen LogP contribution in [0.1, 0.15) is 15.9 Å². The van der Waals surface area contributed by atoms with E-state index in [-0.39, 0.29) is 17.4 Å². The number of anilines is 2. The van der Waals surface area contributed by atoms with Crippen molar-refractivity contribution >= 4 is 17.3 Å². The molecule has 0 saturated carbocycles. The number of nitrogens with two attached hydrogens (primary N) is 2. The van der Waals surface area contributed by atoms with Crippen molar-refractivity contribution in [2.24, 2.45) is 0 Å². The average Bonchev–Trinajstić information content (AvgIpc) is 2.41. The molecule has 2 aromatic carbocycles. The van der Waals surface area contributed by atoms with E-state index in [1.807, 2.05) is 0 Å². The fourth-order valence-corrected chi connectivity index (χ4v) is 1.95. The van der Waals surface area contributed by atoms with Crippen LogP contribution in [0, 0.1) is 0 Å². The monoisotopic (exact) mass is 287 g/mol. The maximum absolute atomic E-state index is 11.9. The van der Waals surface area contributed by atoms with Crippen LogP contribution < -0.4 is 16.8 Å². The smallest absolute Gasteiger partial charge is 0.251 e. The molecule has 2 rings (SSSR count). The number of benzene rings is 2. The zero-order chi connectivity index (χ0) is 15.4. The summed E-state index contributed by atoms with van der Waals surface area (Å²) in [5.41, 5.74) is 13.3. The van der Waals surface area contributed by atoms with Gasteiger partial charge in [0.05, 0.1) is 0 Å². The Balaban J connectivity index is 1.93. The van der Waals surface area contributed by atoms with Crippen LogP contribution >= 0.6 is 0 Å². The summed E-state index contributed by atoms with van der Waals surface area (Å²) in [6.45, 7) is 0.387. The van der Waals surface area contributed by atoms with E-state index in [0.717, 1.165) is 5.56 Å². The highest BCUT2D eigenvalue weighted by Crippen LogP contribution is 2.24. The highest BCUT2D eigenvalue weighted by atomic mass is 16.3. The fourth-order valence-electron chi connectivity index (χ4n) is 1.95. The molecule has 0 aliphatic rings. The van der Waals surface area contributed by atoms with Gasteiger partial charge in [0, 0.05) is 23.5 Å². The summed E-state index contributed by atoms with van der Waals surface area (Å²) in [7, 11) is 0. The average molecular weight is 287 g/mol. The molecular weight excluding hydrogens is 270 g/mol. The number of phenols is 2. The van der Waals surface area contributed by atoms with Crippen LogP contribution in [0.3, 0.4) is 0 Å². The van der Waals surface area contributed by atoms with Crippen molar-refractivity contribution in [1.29, 1.82) is 0 Å². The van der Waals surface area contributed by atoms with Crippen molar-refractivity contribution in [3.05, 3.63) is 47.5 Å². The molecule has 2 aromatic rings. The zero-order valence-electron chi connectivity index (χ0n) is 11.3. The van der Waals surface area contributed by atoms with Gasteiger partial charge in [-0.25, -0.2) is 0 Å². The molecule has 0 saturated heterocycles. The summed E-state index contributed by atoms with van der Waals surface area (Å²) in [6.07, 6.45) is 0.525. The van der Waals surface area contributed by atoms with Crippen LogP contribution in [0.25, 0.3) is 0 Å². The van der Waals surface area contributed by atoms with Crippen molar-refractivity contribution in [1.82, 2.24) is 5.32 Å². The molecule has 0 aliphatic carbocycles. The van der Waals surface area contributed by atoms with Crippen LogP contribution in [-0.4, -0.2) is 22.7 Å². The van der Waals surface area contributed by atoms with Gasteiger partial charge in [0.15, 0.2) is 11.5 Å². The van der Waals surface area contributed by atoms with Crippen molar-refractivity contribution in [3.8, 4) is 11.5 Å². The number of nitrogen functional groups attached to an aromatic ring is 2. The standard InChI is InChI=1S/C15H17N3O3/c16-11-6-10(7-12(17)8-11)15(21)18-4-3-9-1-2-13(19)14(20)5-9/h1-2,5-8,19-20H,3-4,16-17H2,(H,18,21). The maximum Gasteiger partial charge on any atom is 0.251 e. The number of carbonyl (C=O) groups excluding carboxylic acids is 1. The van der Waals surface area contributed by atoms with Crippen molar-refractivity contribution < 1.29 is 15.0 Å². The molecule has 110 valence electrons. The Kier molecular flexibility index (Phi) is 4.18. The summed E-state index contributed by atoms with van der Waals surface area (Å²) in [5.74, 6) is -0.613. The van der Waals surface area contributed by atoms with Crippen molar-refractivity contribution in [2.45, 2.75) is 6.42 Å². The van der Waals surface area contributed by atoms with Gasteiger partial charge in [-0.05, 0) is 42.3 Å². The van der Waals surface area contributed by atoms with E-state index in [0.29, 0.717) is 29.9 Å². The Morgan fingerprint density at radius 1 is 1.00 bits per heavy atom. The third-order valence-corrected chi connectivity index (χ3v) is 2.98. The molecule has 0 aliphatic heterocycles. The van der Waals surface area contributed by atoms with E-state index < -0.39 is 0 Å². The van der Waals surface area contributed by atoms with E-state index in [9.17, 15) is 15.0 Å². The molecule has 6 nitrogen and oxygen atoms in total. The van der Waals surface area contributed by atoms with Gasteiger partial charge in [-0.1, -0.05) is 6.07 Å². The van der Waals surface area contributed by atoms with E-state index in [1.165, 1.54) is 12.1 Å². The summed E-state index contributed by atoms with van der Waals surface area (Å²) < 4.78 is 0. The lowest BCUT2D eigenvalue weighted by molar-refractivity contribution is 0.0954. The van der Waals surface area contributed by atoms with Crippen LogP contribution in [0.15, 0.2) is 36.4 Å². The molecule has 0 radical (unpaired) electrons. The SMILES string of the molecule is Nc1cc(N)cc(C(=O)NCCc2ccc(O)c(O)c2)c1. The minimum absolute atomic E-state index is 0.168. The molecule has 0 fully saturated rings. The predicted octanol–water partition coefficient (Wildman–Crippen LogP) is 1.23. The molecule has 0 aromatic heterocycles.